The Labute approximate surface area is 224 Å². The number of nitrogens with zero attached hydrogens (tertiary/aromatic N) is 6. The van der Waals surface area contributed by atoms with Gasteiger partial charge in [0.15, 0.2) is 0 Å². The Morgan fingerprint density at radius 1 is 0.897 bits per heavy atom. The van der Waals surface area contributed by atoms with Crippen molar-refractivity contribution in [3.8, 4) is 11.1 Å². The number of anilines is 2. The number of rotatable bonds is 8. The molecule has 4 heterocycles. The van der Waals surface area contributed by atoms with Crippen LogP contribution >= 0.6 is 0 Å². The van der Waals surface area contributed by atoms with Gasteiger partial charge in [0.2, 0.25) is 11.9 Å². The van der Waals surface area contributed by atoms with E-state index >= 15 is 0 Å². The van der Waals surface area contributed by atoms with E-state index < -0.39 is 11.9 Å². The molecule has 2 fully saturated rings. The van der Waals surface area contributed by atoms with Crippen molar-refractivity contribution in [1.29, 1.82) is 0 Å². The lowest BCUT2D eigenvalue weighted by molar-refractivity contribution is -0.141. The lowest BCUT2D eigenvalue weighted by atomic mass is 9.77. The van der Waals surface area contributed by atoms with Crippen LogP contribution in [0, 0.1) is 23.6 Å². The van der Waals surface area contributed by atoms with Crippen LogP contribution in [-0.4, -0.2) is 58.7 Å². The Bertz CT molecular complexity index is 1220. The average molecular weight is 545 g/mol. The van der Waals surface area contributed by atoms with Gasteiger partial charge in [-0.3, -0.25) is 0 Å². The van der Waals surface area contributed by atoms with Crippen LogP contribution in [0.15, 0.2) is 48.9 Å². The Morgan fingerprint density at radius 2 is 1.56 bits per heavy atom. The third-order valence-corrected chi connectivity index (χ3v) is 7.87. The van der Waals surface area contributed by atoms with Crippen LogP contribution in [0.4, 0.5) is 29.5 Å². The fraction of sp³-hybridized carbons (Fsp3) is 0.481. The SMILES string of the molecule is NCC(C(N)CC1CCN(c2ncc(-c3ccc(F)cc3)cn2)CC1)C1CN(c2nccc(C(F)(F)F)n2)C1. The number of piperidine rings is 1. The van der Waals surface area contributed by atoms with Crippen molar-refractivity contribution >= 4 is 11.9 Å². The van der Waals surface area contributed by atoms with Crippen LogP contribution in [0.25, 0.3) is 11.1 Å². The maximum absolute atomic E-state index is 13.2. The number of benzene rings is 1. The number of aromatic nitrogens is 4. The molecule has 0 aliphatic carbocycles. The quantitative estimate of drug-likeness (QED) is 0.413. The molecular weight excluding hydrogens is 512 g/mol. The highest BCUT2D eigenvalue weighted by Gasteiger charge is 2.39. The zero-order chi connectivity index (χ0) is 27.6. The second-order valence-electron chi connectivity index (χ2n) is 10.4. The molecule has 2 aliphatic rings. The molecule has 3 aromatic rings. The fourth-order valence-corrected chi connectivity index (χ4v) is 5.53. The lowest BCUT2D eigenvalue weighted by Crippen LogP contribution is -2.56. The first kappa shape index (κ1) is 27.2. The van der Waals surface area contributed by atoms with Gasteiger partial charge in [0.1, 0.15) is 11.5 Å². The first-order valence-electron chi connectivity index (χ1n) is 13.1. The molecule has 208 valence electrons. The summed E-state index contributed by atoms with van der Waals surface area (Å²) in [5, 5.41) is 0. The normalized spacial score (nSPS) is 18.6. The predicted molar refractivity (Wildman–Crippen MR) is 140 cm³/mol. The summed E-state index contributed by atoms with van der Waals surface area (Å²) in [5.41, 5.74) is 13.5. The number of hydrogen-bond acceptors (Lipinski definition) is 8. The molecule has 0 bridgehead atoms. The van der Waals surface area contributed by atoms with Crippen LogP contribution in [-0.2, 0) is 6.18 Å². The van der Waals surface area contributed by atoms with Crippen molar-refractivity contribution < 1.29 is 17.6 Å². The van der Waals surface area contributed by atoms with Gasteiger partial charge in [0.05, 0.1) is 0 Å². The number of alkyl halides is 3. The van der Waals surface area contributed by atoms with E-state index in [1.807, 2.05) is 0 Å². The summed E-state index contributed by atoms with van der Waals surface area (Å²) in [6.07, 6.45) is 2.93. The molecule has 2 aromatic heterocycles. The van der Waals surface area contributed by atoms with Gasteiger partial charge in [-0.1, -0.05) is 12.1 Å². The van der Waals surface area contributed by atoms with Gasteiger partial charge in [-0.15, -0.1) is 0 Å². The molecule has 39 heavy (non-hydrogen) atoms. The van der Waals surface area contributed by atoms with Gasteiger partial charge in [-0.25, -0.2) is 24.3 Å². The Hall–Kier alpha value is -3.38. The molecule has 2 unspecified atom stereocenters. The molecule has 2 saturated heterocycles. The highest BCUT2D eigenvalue weighted by Crippen LogP contribution is 2.34. The maximum Gasteiger partial charge on any atom is 0.433 e. The topological polar surface area (TPSA) is 110 Å². The summed E-state index contributed by atoms with van der Waals surface area (Å²) < 4.78 is 52.2. The molecule has 2 atom stereocenters. The summed E-state index contributed by atoms with van der Waals surface area (Å²) in [6.45, 7) is 3.16. The van der Waals surface area contributed by atoms with Crippen molar-refractivity contribution in [2.75, 3.05) is 42.5 Å². The van der Waals surface area contributed by atoms with Crippen molar-refractivity contribution in [3.05, 3.63) is 60.4 Å². The Kier molecular flexibility index (Phi) is 7.94. The molecule has 2 aliphatic heterocycles. The zero-order valence-electron chi connectivity index (χ0n) is 21.4. The highest BCUT2D eigenvalue weighted by molar-refractivity contribution is 5.61. The molecule has 5 rings (SSSR count). The molecule has 1 aromatic carbocycles. The summed E-state index contributed by atoms with van der Waals surface area (Å²) >= 11 is 0. The van der Waals surface area contributed by atoms with E-state index in [-0.39, 0.29) is 29.6 Å². The van der Waals surface area contributed by atoms with E-state index in [1.165, 1.54) is 12.1 Å². The van der Waals surface area contributed by atoms with Gasteiger partial charge >= 0.3 is 6.18 Å². The van der Waals surface area contributed by atoms with Gasteiger partial charge in [-0.05, 0) is 67.3 Å². The highest BCUT2D eigenvalue weighted by atomic mass is 19.4. The van der Waals surface area contributed by atoms with Gasteiger partial charge in [0.25, 0.3) is 0 Å². The Balaban J connectivity index is 1.10. The third-order valence-electron chi connectivity index (χ3n) is 7.87. The smallest absolute Gasteiger partial charge is 0.341 e. The molecule has 8 nitrogen and oxygen atoms in total. The van der Waals surface area contributed by atoms with Gasteiger partial charge in [0, 0.05) is 56.4 Å². The number of halogens is 4. The van der Waals surface area contributed by atoms with Gasteiger partial charge in [-0.2, -0.15) is 13.2 Å². The van der Waals surface area contributed by atoms with E-state index in [9.17, 15) is 17.6 Å². The van der Waals surface area contributed by atoms with Crippen molar-refractivity contribution in [2.45, 2.75) is 31.5 Å². The predicted octanol–water partition coefficient (Wildman–Crippen LogP) is 3.74. The molecule has 0 amide bonds. The minimum absolute atomic E-state index is 0.0763. The van der Waals surface area contributed by atoms with E-state index in [2.05, 4.69) is 24.8 Å². The second kappa shape index (κ2) is 11.4. The monoisotopic (exact) mass is 544 g/mol. The van der Waals surface area contributed by atoms with Crippen LogP contribution < -0.4 is 21.3 Å². The molecule has 0 radical (unpaired) electrons. The fourth-order valence-electron chi connectivity index (χ4n) is 5.53. The number of hydrogen-bond donors (Lipinski definition) is 2. The second-order valence-corrected chi connectivity index (χ2v) is 10.4. The largest absolute Gasteiger partial charge is 0.433 e. The van der Waals surface area contributed by atoms with Crippen LogP contribution in [0.2, 0.25) is 0 Å². The van der Waals surface area contributed by atoms with Crippen molar-refractivity contribution in [3.63, 3.8) is 0 Å². The van der Waals surface area contributed by atoms with Crippen LogP contribution in [0.1, 0.15) is 25.0 Å². The standard InChI is InChI=1S/C27H32F4N8/c28-21-3-1-18(2-4-21)19-13-35-25(36-14-19)38-9-6-17(7-10-38)11-23(33)22(12-32)20-15-39(16-20)26-34-8-5-24(37-26)27(29,30)31/h1-5,8,13-14,17,20,22-23H,6-7,9-12,15-16,32-33H2. The summed E-state index contributed by atoms with van der Waals surface area (Å²) in [4.78, 5) is 20.6. The maximum atomic E-state index is 13.2. The van der Waals surface area contributed by atoms with E-state index in [4.69, 9.17) is 11.5 Å². The minimum atomic E-state index is -4.50. The van der Waals surface area contributed by atoms with Crippen molar-refractivity contribution in [1.82, 2.24) is 19.9 Å². The summed E-state index contributed by atoms with van der Waals surface area (Å²) in [5.74, 6) is 1.20. The van der Waals surface area contributed by atoms with Crippen molar-refractivity contribution in [2.24, 2.45) is 29.2 Å². The summed E-state index contributed by atoms with van der Waals surface area (Å²) in [6, 6.07) is 7.03. The molecule has 4 N–H and O–H groups in total. The van der Waals surface area contributed by atoms with E-state index in [1.54, 1.807) is 29.4 Å². The summed E-state index contributed by atoms with van der Waals surface area (Å²) in [7, 11) is 0. The zero-order valence-corrected chi connectivity index (χ0v) is 21.4. The first-order valence-corrected chi connectivity index (χ1v) is 13.1. The average Bonchev–Trinajstić information content (AvgIpc) is 2.91. The first-order chi connectivity index (χ1) is 18.7. The Morgan fingerprint density at radius 3 is 2.18 bits per heavy atom. The van der Waals surface area contributed by atoms with E-state index in [0.29, 0.717) is 31.5 Å². The molecule has 0 saturated carbocycles. The molecule has 12 heteroatoms. The molecular formula is C27H32F4N8. The minimum Gasteiger partial charge on any atom is -0.341 e. The number of nitrogens with two attached hydrogens (primary N) is 2. The van der Waals surface area contributed by atoms with Crippen LogP contribution in [0.3, 0.4) is 0 Å². The van der Waals surface area contributed by atoms with Gasteiger partial charge < -0.3 is 21.3 Å². The lowest BCUT2D eigenvalue weighted by Gasteiger charge is -2.45. The van der Waals surface area contributed by atoms with Crippen LogP contribution in [0.5, 0.6) is 0 Å². The third kappa shape index (κ3) is 6.27. The molecule has 0 spiro atoms. The van der Waals surface area contributed by atoms with E-state index in [0.717, 1.165) is 55.7 Å².